The molecule has 1 atom stereocenters. The van der Waals surface area contributed by atoms with E-state index in [1.165, 1.54) is 31.2 Å². The van der Waals surface area contributed by atoms with Crippen LogP contribution in [0, 0.1) is 5.92 Å². The molecule has 0 aromatic heterocycles. The van der Waals surface area contributed by atoms with Crippen LogP contribution in [0.2, 0.25) is 0 Å². The number of rotatable bonds is 5. The lowest BCUT2D eigenvalue weighted by molar-refractivity contribution is 0.177. The maximum Gasteiger partial charge on any atom is 0.314 e. The number of amides is 2. The minimum Gasteiger partial charge on any atom is -0.351 e. The van der Waals surface area contributed by atoms with Gasteiger partial charge in [-0.1, -0.05) is 49.6 Å². The molecule has 3 rings (SSSR count). The second kappa shape index (κ2) is 7.14. The molecule has 22 heavy (non-hydrogen) atoms. The summed E-state index contributed by atoms with van der Waals surface area (Å²) in [5, 5.41) is 3.85. The maximum atomic E-state index is 11.2. The highest BCUT2D eigenvalue weighted by Gasteiger charge is 2.27. The van der Waals surface area contributed by atoms with Gasteiger partial charge in [0.1, 0.15) is 0 Å². The van der Waals surface area contributed by atoms with E-state index in [0.717, 1.165) is 31.8 Å². The van der Waals surface area contributed by atoms with Crippen LogP contribution in [-0.4, -0.2) is 30.1 Å². The van der Waals surface area contributed by atoms with Crippen LogP contribution in [0.1, 0.15) is 50.1 Å². The molecule has 0 spiro atoms. The molecular weight excluding hydrogens is 274 g/mol. The molecule has 1 saturated carbocycles. The predicted molar refractivity (Wildman–Crippen MR) is 88.5 cm³/mol. The molecule has 4 heteroatoms. The van der Waals surface area contributed by atoms with Gasteiger partial charge in [0, 0.05) is 25.2 Å². The van der Waals surface area contributed by atoms with Crippen molar-refractivity contribution in [3.05, 3.63) is 35.9 Å². The van der Waals surface area contributed by atoms with E-state index in [1.54, 1.807) is 4.90 Å². The van der Waals surface area contributed by atoms with Crippen molar-refractivity contribution < 1.29 is 4.79 Å². The van der Waals surface area contributed by atoms with Gasteiger partial charge in [-0.15, -0.1) is 0 Å². The molecule has 2 fully saturated rings. The normalized spacial score (nSPS) is 21.4. The van der Waals surface area contributed by atoms with E-state index in [2.05, 4.69) is 35.6 Å². The molecule has 1 heterocycles. The van der Waals surface area contributed by atoms with Gasteiger partial charge in [-0.3, -0.25) is 0 Å². The lowest BCUT2D eigenvalue weighted by Crippen LogP contribution is -2.47. The molecular formula is C18H27N3O. The molecule has 1 aromatic carbocycles. The number of nitrogens with two attached hydrogens (primary N) is 1. The quantitative estimate of drug-likeness (QED) is 0.878. The number of benzene rings is 1. The van der Waals surface area contributed by atoms with Gasteiger partial charge in [-0.25, -0.2) is 4.79 Å². The third kappa shape index (κ3) is 3.80. The number of nitrogens with one attached hydrogen (secondary N) is 1. The summed E-state index contributed by atoms with van der Waals surface area (Å²) in [6.07, 6.45) is 7.38. The average molecular weight is 301 g/mol. The second-order valence-electron chi connectivity index (χ2n) is 6.76. The number of primary amides is 1. The number of likely N-dealkylation sites (tertiary alicyclic amines) is 1. The van der Waals surface area contributed by atoms with Crippen LogP contribution in [-0.2, 0) is 0 Å². The van der Waals surface area contributed by atoms with Crippen LogP contribution in [0.15, 0.2) is 30.3 Å². The number of carbonyl (C=O) groups is 1. The number of urea groups is 1. The van der Waals surface area contributed by atoms with Gasteiger partial charge < -0.3 is 16.0 Å². The zero-order valence-electron chi connectivity index (χ0n) is 13.2. The predicted octanol–water partition coefficient (Wildman–Crippen LogP) is 3.05. The van der Waals surface area contributed by atoms with Gasteiger partial charge >= 0.3 is 6.03 Å². The van der Waals surface area contributed by atoms with E-state index >= 15 is 0 Å². The SMILES string of the molecule is NC(=O)N1CCC(N[C@@H](CC2CCC2)c2ccccc2)CC1. The molecule has 4 nitrogen and oxygen atoms in total. The molecule has 2 amide bonds. The van der Waals surface area contributed by atoms with Crippen molar-refractivity contribution in [2.45, 2.75) is 50.6 Å². The van der Waals surface area contributed by atoms with Crippen molar-refractivity contribution in [2.24, 2.45) is 11.7 Å². The van der Waals surface area contributed by atoms with Crippen molar-refractivity contribution >= 4 is 6.03 Å². The first-order valence-corrected chi connectivity index (χ1v) is 8.58. The molecule has 1 saturated heterocycles. The molecule has 0 unspecified atom stereocenters. The van der Waals surface area contributed by atoms with Gasteiger partial charge in [0.15, 0.2) is 0 Å². The zero-order chi connectivity index (χ0) is 15.4. The summed E-state index contributed by atoms with van der Waals surface area (Å²) in [5.41, 5.74) is 6.76. The Morgan fingerprint density at radius 3 is 2.41 bits per heavy atom. The Labute approximate surface area is 133 Å². The Morgan fingerprint density at radius 1 is 1.18 bits per heavy atom. The monoisotopic (exact) mass is 301 g/mol. The van der Waals surface area contributed by atoms with Crippen molar-refractivity contribution in [1.29, 1.82) is 0 Å². The van der Waals surface area contributed by atoms with E-state index in [1.807, 2.05) is 0 Å². The first-order valence-electron chi connectivity index (χ1n) is 8.58. The van der Waals surface area contributed by atoms with Gasteiger partial charge in [0.05, 0.1) is 0 Å². The van der Waals surface area contributed by atoms with Crippen molar-refractivity contribution in [3.8, 4) is 0 Å². The fraction of sp³-hybridized carbons (Fsp3) is 0.611. The number of hydrogen-bond acceptors (Lipinski definition) is 2. The van der Waals surface area contributed by atoms with Crippen LogP contribution in [0.5, 0.6) is 0 Å². The van der Waals surface area contributed by atoms with E-state index in [4.69, 9.17) is 5.73 Å². The minimum absolute atomic E-state index is 0.285. The number of hydrogen-bond donors (Lipinski definition) is 2. The highest BCUT2D eigenvalue weighted by Crippen LogP contribution is 2.35. The van der Waals surface area contributed by atoms with Crippen LogP contribution in [0.25, 0.3) is 0 Å². The first-order chi connectivity index (χ1) is 10.7. The average Bonchev–Trinajstić information content (AvgIpc) is 2.51. The fourth-order valence-electron chi connectivity index (χ4n) is 3.60. The topological polar surface area (TPSA) is 58.4 Å². The second-order valence-corrected chi connectivity index (χ2v) is 6.76. The summed E-state index contributed by atoms with van der Waals surface area (Å²) in [4.78, 5) is 13.0. The van der Waals surface area contributed by atoms with Crippen LogP contribution in [0.3, 0.4) is 0 Å². The van der Waals surface area contributed by atoms with E-state index in [0.29, 0.717) is 12.1 Å². The van der Waals surface area contributed by atoms with Gasteiger partial charge in [0.25, 0.3) is 0 Å². The molecule has 1 aliphatic heterocycles. The zero-order valence-corrected chi connectivity index (χ0v) is 13.2. The van der Waals surface area contributed by atoms with E-state index in [9.17, 15) is 4.79 Å². The van der Waals surface area contributed by atoms with Gasteiger partial charge in [0.2, 0.25) is 0 Å². The van der Waals surface area contributed by atoms with Crippen LogP contribution < -0.4 is 11.1 Å². The molecule has 1 aromatic rings. The number of nitrogens with zero attached hydrogens (tertiary/aromatic N) is 1. The molecule has 0 radical (unpaired) electrons. The molecule has 1 aliphatic carbocycles. The molecule has 0 bridgehead atoms. The van der Waals surface area contributed by atoms with Crippen molar-refractivity contribution in [1.82, 2.24) is 10.2 Å². The Hall–Kier alpha value is -1.55. The number of carbonyl (C=O) groups excluding carboxylic acids is 1. The highest BCUT2D eigenvalue weighted by molar-refractivity contribution is 5.72. The summed E-state index contributed by atoms with van der Waals surface area (Å²) in [7, 11) is 0. The summed E-state index contributed by atoms with van der Waals surface area (Å²) < 4.78 is 0. The summed E-state index contributed by atoms with van der Waals surface area (Å²) in [6, 6.07) is 11.4. The Bertz CT molecular complexity index is 478. The summed E-state index contributed by atoms with van der Waals surface area (Å²) in [6.45, 7) is 1.55. The molecule has 2 aliphatic rings. The summed E-state index contributed by atoms with van der Waals surface area (Å²) >= 11 is 0. The van der Waals surface area contributed by atoms with Crippen molar-refractivity contribution in [2.75, 3.05) is 13.1 Å². The minimum atomic E-state index is -0.285. The first kappa shape index (κ1) is 15.3. The molecule has 3 N–H and O–H groups in total. The Kier molecular flexibility index (Phi) is 4.98. The Morgan fingerprint density at radius 2 is 1.86 bits per heavy atom. The van der Waals surface area contributed by atoms with E-state index < -0.39 is 0 Å². The standard InChI is InChI=1S/C18H27N3O/c19-18(22)21-11-9-16(10-12-21)20-17(13-14-5-4-6-14)15-7-2-1-3-8-15/h1-3,7-8,14,16-17,20H,4-6,9-13H2,(H2,19,22)/t17-/m0/s1. The van der Waals surface area contributed by atoms with E-state index in [-0.39, 0.29) is 6.03 Å². The molecule has 120 valence electrons. The van der Waals surface area contributed by atoms with Crippen molar-refractivity contribution in [3.63, 3.8) is 0 Å². The smallest absolute Gasteiger partial charge is 0.314 e. The van der Waals surface area contributed by atoms with Gasteiger partial charge in [-0.2, -0.15) is 0 Å². The number of piperidine rings is 1. The maximum absolute atomic E-state index is 11.2. The fourth-order valence-corrected chi connectivity index (χ4v) is 3.60. The third-order valence-electron chi connectivity index (χ3n) is 5.24. The highest BCUT2D eigenvalue weighted by atomic mass is 16.2. The van der Waals surface area contributed by atoms with Crippen LogP contribution >= 0.6 is 0 Å². The lowest BCUT2D eigenvalue weighted by Gasteiger charge is -2.36. The summed E-state index contributed by atoms with van der Waals surface area (Å²) in [5.74, 6) is 0.878. The lowest BCUT2D eigenvalue weighted by atomic mass is 9.79. The third-order valence-corrected chi connectivity index (χ3v) is 5.24. The Balaban J connectivity index is 1.59. The van der Waals surface area contributed by atoms with Gasteiger partial charge in [-0.05, 0) is 30.7 Å². The van der Waals surface area contributed by atoms with Crippen LogP contribution in [0.4, 0.5) is 4.79 Å². The largest absolute Gasteiger partial charge is 0.351 e.